The van der Waals surface area contributed by atoms with Crippen molar-refractivity contribution in [1.29, 1.82) is 5.26 Å². The van der Waals surface area contributed by atoms with E-state index >= 15 is 0 Å². The molecular weight excluding hydrogens is 336 g/mol. The number of aryl methyl sites for hydroxylation is 1. The Morgan fingerprint density at radius 3 is 2.81 bits per heavy atom. The molecule has 5 nitrogen and oxygen atoms in total. The molecule has 5 heteroatoms. The summed E-state index contributed by atoms with van der Waals surface area (Å²) in [6.07, 6.45) is 0. The van der Waals surface area contributed by atoms with Crippen molar-refractivity contribution in [2.24, 2.45) is 0 Å². The number of fused-ring (bicyclic) bond motifs is 1. The number of amides is 1. The molecule has 2 saturated heterocycles. The largest absolute Gasteiger partial charge is 0.336 e. The summed E-state index contributed by atoms with van der Waals surface area (Å²) in [6, 6.07) is 16.2. The zero-order chi connectivity index (χ0) is 18.8. The highest BCUT2D eigenvalue weighted by molar-refractivity contribution is 5.83. The fourth-order valence-electron chi connectivity index (χ4n) is 4.01. The first kappa shape index (κ1) is 17.7. The van der Waals surface area contributed by atoms with Gasteiger partial charge in [-0.05, 0) is 41.3 Å². The van der Waals surface area contributed by atoms with E-state index in [1.807, 2.05) is 29.2 Å². The molecule has 1 N–H and O–H groups in total. The lowest BCUT2D eigenvalue weighted by atomic mass is 9.98. The molecule has 4 rings (SSSR count). The molecule has 2 aliphatic heterocycles. The van der Waals surface area contributed by atoms with Crippen LogP contribution < -0.4 is 5.32 Å². The number of hydrogen-bond donors (Lipinski definition) is 1. The molecule has 27 heavy (non-hydrogen) atoms. The van der Waals surface area contributed by atoms with E-state index in [0.29, 0.717) is 12.1 Å². The van der Waals surface area contributed by atoms with Gasteiger partial charge in [0.2, 0.25) is 5.91 Å². The highest BCUT2D eigenvalue weighted by Crippen LogP contribution is 2.25. The predicted molar refractivity (Wildman–Crippen MR) is 105 cm³/mol. The van der Waals surface area contributed by atoms with Crippen LogP contribution in [0.4, 0.5) is 0 Å². The molecule has 0 spiro atoms. The van der Waals surface area contributed by atoms with Gasteiger partial charge in [0, 0.05) is 39.3 Å². The third-order valence-electron chi connectivity index (χ3n) is 5.64. The van der Waals surface area contributed by atoms with Gasteiger partial charge in [-0.2, -0.15) is 5.26 Å². The van der Waals surface area contributed by atoms with Crippen LogP contribution in [0.5, 0.6) is 0 Å². The van der Waals surface area contributed by atoms with E-state index in [1.54, 1.807) is 0 Å². The van der Waals surface area contributed by atoms with E-state index in [2.05, 4.69) is 41.4 Å². The second-order valence-electron chi connectivity index (χ2n) is 7.35. The molecular formula is C22H24N4O. The second kappa shape index (κ2) is 7.51. The van der Waals surface area contributed by atoms with E-state index in [9.17, 15) is 4.79 Å². The van der Waals surface area contributed by atoms with Gasteiger partial charge in [0.15, 0.2) is 0 Å². The summed E-state index contributed by atoms with van der Waals surface area (Å²) in [4.78, 5) is 17.1. The third kappa shape index (κ3) is 3.59. The average Bonchev–Trinajstić information content (AvgIpc) is 2.71. The Balaban J connectivity index is 1.51. The number of nitrogens with zero attached hydrogens (tertiary/aromatic N) is 3. The van der Waals surface area contributed by atoms with Crippen molar-refractivity contribution in [1.82, 2.24) is 15.1 Å². The Kier molecular flexibility index (Phi) is 4.93. The standard InChI is InChI=1S/C22H24N4O/c1-16-11-19(18-4-2-3-17(12-18)13-23)5-6-20(16)15-26-10-9-25-8-7-24-14-21(25)22(26)27/h2-6,11-12,21,24H,7-10,14-15H2,1H3/t21-/m1/s1. The van der Waals surface area contributed by atoms with Crippen molar-refractivity contribution in [2.45, 2.75) is 19.5 Å². The molecule has 2 fully saturated rings. The third-order valence-corrected chi connectivity index (χ3v) is 5.64. The van der Waals surface area contributed by atoms with Crippen LogP contribution in [0.1, 0.15) is 16.7 Å². The van der Waals surface area contributed by atoms with Crippen LogP contribution in [0.2, 0.25) is 0 Å². The van der Waals surface area contributed by atoms with Crippen LogP contribution in [0.25, 0.3) is 11.1 Å². The lowest BCUT2D eigenvalue weighted by Crippen LogP contribution is -2.63. The highest BCUT2D eigenvalue weighted by atomic mass is 16.2. The quantitative estimate of drug-likeness (QED) is 0.911. The number of nitrogens with one attached hydrogen (secondary N) is 1. The van der Waals surface area contributed by atoms with Crippen LogP contribution in [-0.4, -0.2) is 54.5 Å². The van der Waals surface area contributed by atoms with Gasteiger partial charge in [-0.3, -0.25) is 9.69 Å². The average molecular weight is 360 g/mol. The van der Waals surface area contributed by atoms with Gasteiger partial charge in [0.1, 0.15) is 6.04 Å². The Bertz CT molecular complexity index is 901. The van der Waals surface area contributed by atoms with Crippen LogP contribution in [-0.2, 0) is 11.3 Å². The summed E-state index contributed by atoms with van der Waals surface area (Å²) in [5.74, 6) is 0.235. The molecule has 2 heterocycles. The van der Waals surface area contributed by atoms with Gasteiger partial charge >= 0.3 is 0 Å². The van der Waals surface area contributed by atoms with Gasteiger partial charge < -0.3 is 10.2 Å². The first-order chi connectivity index (χ1) is 13.2. The van der Waals surface area contributed by atoms with Crippen LogP contribution in [0, 0.1) is 18.3 Å². The van der Waals surface area contributed by atoms with Crippen LogP contribution in [0.3, 0.4) is 0 Å². The minimum absolute atomic E-state index is 0.0131. The first-order valence-corrected chi connectivity index (χ1v) is 9.49. The van der Waals surface area contributed by atoms with E-state index in [4.69, 9.17) is 5.26 Å². The molecule has 1 atom stereocenters. The lowest BCUT2D eigenvalue weighted by molar-refractivity contribution is -0.143. The Morgan fingerprint density at radius 2 is 2.00 bits per heavy atom. The summed E-state index contributed by atoms with van der Waals surface area (Å²) in [5, 5.41) is 12.4. The van der Waals surface area contributed by atoms with Gasteiger partial charge in [0.25, 0.3) is 0 Å². The molecule has 0 aromatic heterocycles. The summed E-state index contributed by atoms with van der Waals surface area (Å²) < 4.78 is 0. The molecule has 0 radical (unpaired) electrons. The maximum absolute atomic E-state index is 12.8. The van der Waals surface area contributed by atoms with Crippen LogP contribution >= 0.6 is 0 Å². The number of carbonyl (C=O) groups excluding carboxylic acids is 1. The van der Waals surface area contributed by atoms with E-state index in [-0.39, 0.29) is 11.9 Å². The van der Waals surface area contributed by atoms with E-state index in [0.717, 1.165) is 43.9 Å². The van der Waals surface area contributed by atoms with Gasteiger partial charge in [-0.15, -0.1) is 0 Å². The number of rotatable bonds is 3. The Labute approximate surface area is 160 Å². The van der Waals surface area contributed by atoms with Crippen molar-refractivity contribution < 1.29 is 4.79 Å². The molecule has 138 valence electrons. The zero-order valence-electron chi connectivity index (χ0n) is 15.6. The monoisotopic (exact) mass is 360 g/mol. The highest BCUT2D eigenvalue weighted by Gasteiger charge is 2.35. The molecule has 2 aliphatic rings. The van der Waals surface area contributed by atoms with Crippen molar-refractivity contribution in [3.05, 3.63) is 59.2 Å². The number of benzene rings is 2. The Morgan fingerprint density at radius 1 is 1.15 bits per heavy atom. The topological polar surface area (TPSA) is 59.4 Å². The van der Waals surface area contributed by atoms with Crippen molar-refractivity contribution in [2.75, 3.05) is 32.7 Å². The lowest BCUT2D eigenvalue weighted by Gasteiger charge is -2.43. The van der Waals surface area contributed by atoms with E-state index in [1.165, 1.54) is 11.1 Å². The maximum Gasteiger partial charge on any atom is 0.241 e. The van der Waals surface area contributed by atoms with Crippen molar-refractivity contribution in [3.63, 3.8) is 0 Å². The number of nitriles is 1. The summed E-state index contributed by atoms with van der Waals surface area (Å²) in [7, 11) is 0. The molecule has 1 amide bonds. The van der Waals surface area contributed by atoms with Crippen molar-refractivity contribution in [3.8, 4) is 17.2 Å². The summed E-state index contributed by atoms with van der Waals surface area (Å²) in [5.41, 5.74) is 5.16. The minimum Gasteiger partial charge on any atom is -0.336 e. The molecule has 0 aliphatic carbocycles. The molecule has 0 saturated carbocycles. The predicted octanol–water partition coefficient (Wildman–Crippen LogP) is 2.15. The number of piperazine rings is 2. The number of carbonyl (C=O) groups is 1. The fourth-order valence-corrected chi connectivity index (χ4v) is 4.01. The minimum atomic E-state index is -0.0131. The summed E-state index contributed by atoms with van der Waals surface area (Å²) in [6.45, 7) is 7.18. The fraction of sp³-hybridized carbons (Fsp3) is 0.364. The zero-order valence-corrected chi connectivity index (χ0v) is 15.6. The van der Waals surface area contributed by atoms with Gasteiger partial charge in [-0.1, -0.05) is 30.3 Å². The van der Waals surface area contributed by atoms with Gasteiger partial charge in [-0.25, -0.2) is 0 Å². The summed E-state index contributed by atoms with van der Waals surface area (Å²) >= 11 is 0. The van der Waals surface area contributed by atoms with Gasteiger partial charge in [0.05, 0.1) is 11.6 Å². The maximum atomic E-state index is 12.8. The first-order valence-electron chi connectivity index (χ1n) is 9.49. The molecule has 2 aromatic rings. The molecule has 0 unspecified atom stereocenters. The number of hydrogen-bond acceptors (Lipinski definition) is 4. The molecule has 0 bridgehead atoms. The smallest absolute Gasteiger partial charge is 0.241 e. The normalized spacial score (nSPS) is 20.2. The Hall–Kier alpha value is -2.68. The second-order valence-corrected chi connectivity index (χ2v) is 7.35. The molecule has 2 aromatic carbocycles. The van der Waals surface area contributed by atoms with Crippen LogP contribution in [0.15, 0.2) is 42.5 Å². The van der Waals surface area contributed by atoms with Crippen molar-refractivity contribution >= 4 is 5.91 Å². The SMILES string of the molecule is Cc1cc(-c2cccc(C#N)c2)ccc1CN1CCN2CCNC[C@@H]2C1=O. The van der Waals surface area contributed by atoms with E-state index < -0.39 is 0 Å².